The van der Waals surface area contributed by atoms with Gasteiger partial charge in [-0.3, -0.25) is 9.59 Å². The first-order valence-electron chi connectivity index (χ1n) is 8.00. The number of carbonyl (C=O) groups excluding carboxylic acids is 2. The number of fused-ring (bicyclic) bond motifs is 4. The number of Topliss-reactive ketones (excluding diaryl/α,β-unsaturated/α-hetero) is 2. The van der Waals surface area contributed by atoms with E-state index in [2.05, 4.69) is 26.0 Å². The first kappa shape index (κ1) is 13.7. The molecule has 2 unspecified atom stereocenters. The number of carbonyl (C=O) groups is 2. The van der Waals surface area contributed by atoms with E-state index in [1.54, 1.807) is 6.26 Å². The van der Waals surface area contributed by atoms with Crippen LogP contribution in [0.1, 0.15) is 60.7 Å². The lowest BCUT2D eigenvalue weighted by Crippen LogP contribution is -2.39. The lowest BCUT2D eigenvalue weighted by molar-refractivity contribution is -0.118. The summed E-state index contributed by atoms with van der Waals surface area (Å²) < 4.78 is 5.66. The zero-order valence-electron chi connectivity index (χ0n) is 13.2. The summed E-state index contributed by atoms with van der Waals surface area (Å²) in [5.41, 5.74) is 3.77. The Hall–Kier alpha value is -1.90. The van der Waals surface area contributed by atoms with Crippen LogP contribution in [-0.4, -0.2) is 11.6 Å². The number of allylic oxidation sites excluding steroid dienone is 4. The van der Waals surface area contributed by atoms with E-state index in [0.717, 1.165) is 24.8 Å². The Morgan fingerprint density at radius 3 is 2.82 bits per heavy atom. The van der Waals surface area contributed by atoms with Gasteiger partial charge in [-0.15, -0.1) is 0 Å². The van der Waals surface area contributed by atoms with Gasteiger partial charge in [0.2, 0.25) is 11.6 Å². The van der Waals surface area contributed by atoms with E-state index in [1.807, 2.05) is 6.92 Å². The summed E-state index contributed by atoms with van der Waals surface area (Å²) >= 11 is 0. The van der Waals surface area contributed by atoms with Gasteiger partial charge < -0.3 is 4.42 Å². The maximum absolute atomic E-state index is 12.8. The van der Waals surface area contributed by atoms with Gasteiger partial charge >= 0.3 is 0 Å². The quantitative estimate of drug-likeness (QED) is 0.676. The Morgan fingerprint density at radius 1 is 1.27 bits per heavy atom. The fourth-order valence-electron chi connectivity index (χ4n) is 4.43. The van der Waals surface area contributed by atoms with Crippen molar-refractivity contribution in [2.75, 3.05) is 0 Å². The topological polar surface area (TPSA) is 47.3 Å². The van der Waals surface area contributed by atoms with Gasteiger partial charge in [-0.25, -0.2) is 0 Å². The van der Waals surface area contributed by atoms with Crippen LogP contribution in [0, 0.1) is 18.3 Å². The van der Waals surface area contributed by atoms with Crippen LogP contribution >= 0.6 is 0 Å². The molecule has 0 fully saturated rings. The van der Waals surface area contributed by atoms with Crippen LogP contribution in [0.15, 0.2) is 34.0 Å². The lowest BCUT2D eigenvalue weighted by Gasteiger charge is -2.41. The molecule has 0 aromatic carbocycles. The number of furan rings is 1. The molecular formula is C19H20O3. The second-order valence-electron chi connectivity index (χ2n) is 7.39. The average molecular weight is 296 g/mol. The molecule has 1 aromatic heterocycles. The van der Waals surface area contributed by atoms with Crippen molar-refractivity contribution < 1.29 is 14.0 Å². The van der Waals surface area contributed by atoms with Gasteiger partial charge in [0.25, 0.3) is 0 Å². The van der Waals surface area contributed by atoms with Crippen LogP contribution in [0.2, 0.25) is 0 Å². The first-order valence-corrected chi connectivity index (χ1v) is 8.00. The van der Waals surface area contributed by atoms with E-state index in [4.69, 9.17) is 4.42 Å². The average Bonchev–Trinajstić information content (AvgIpc) is 2.86. The van der Waals surface area contributed by atoms with Gasteiger partial charge in [0.05, 0.1) is 23.7 Å². The molecular weight excluding hydrogens is 276 g/mol. The molecule has 1 aromatic rings. The molecule has 0 amide bonds. The van der Waals surface area contributed by atoms with Crippen molar-refractivity contribution in [2.45, 2.75) is 46.0 Å². The minimum absolute atomic E-state index is 0.0811. The summed E-state index contributed by atoms with van der Waals surface area (Å²) in [7, 11) is 0. The smallest absolute Gasteiger partial charge is 0.233 e. The van der Waals surface area contributed by atoms with E-state index in [1.165, 1.54) is 11.1 Å². The van der Waals surface area contributed by atoms with Gasteiger partial charge in [-0.05, 0) is 42.7 Å². The maximum atomic E-state index is 12.8. The van der Waals surface area contributed by atoms with Crippen molar-refractivity contribution in [3.8, 4) is 0 Å². The molecule has 3 aliphatic carbocycles. The molecule has 0 spiro atoms. The summed E-state index contributed by atoms with van der Waals surface area (Å²) in [5.74, 6) is -0.394. The monoisotopic (exact) mass is 296 g/mol. The van der Waals surface area contributed by atoms with Crippen molar-refractivity contribution in [2.24, 2.45) is 11.3 Å². The summed E-state index contributed by atoms with van der Waals surface area (Å²) in [6, 6.07) is 0. The number of aryl methyl sites for hydroxylation is 1. The Bertz CT molecular complexity index is 758. The SMILES string of the molecule is Cc1coc2c1C(=O)C(=O)C1C3=C(C=CC21)C(C)(C)CCC3. The largest absolute Gasteiger partial charge is 0.468 e. The highest BCUT2D eigenvalue weighted by molar-refractivity contribution is 6.46. The molecule has 0 saturated carbocycles. The third kappa shape index (κ3) is 1.62. The Morgan fingerprint density at radius 2 is 2.05 bits per heavy atom. The second kappa shape index (κ2) is 4.31. The van der Waals surface area contributed by atoms with Crippen molar-refractivity contribution in [1.82, 2.24) is 0 Å². The predicted molar refractivity (Wildman–Crippen MR) is 82.8 cm³/mol. The Labute approximate surface area is 130 Å². The normalized spacial score (nSPS) is 29.2. The summed E-state index contributed by atoms with van der Waals surface area (Å²) in [4.78, 5) is 25.3. The predicted octanol–water partition coefficient (Wildman–Crippen LogP) is 4.13. The molecule has 0 bridgehead atoms. The third-order valence-electron chi connectivity index (χ3n) is 5.57. The van der Waals surface area contributed by atoms with Crippen LogP contribution in [0.5, 0.6) is 0 Å². The summed E-state index contributed by atoms with van der Waals surface area (Å²) in [6.45, 7) is 6.28. The highest BCUT2D eigenvalue weighted by atomic mass is 16.3. The first-order chi connectivity index (χ1) is 10.4. The van der Waals surface area contributed by atoms with Gasteiger partial charge in [0.1, 0.15) is 5.76 Å². The van der Waals surface area contributed by atoms with Gasteiger partial charge in [-0.2, -0.15) is 0 Å². The van der Waals surface area contributed by atoms with Crippen LogP contribution in [-0.2, 0) is 4.79 Å². The summed E-state index contributed by atoms with van der Waals surface area (Å²) in [6.07, 6.45) is 8.96. The molecule has 2 atom stereocenters. The Kier molecular flexibility index (Phi) is 2.69. The number of ketones is 2. The molecule has 22 heavy (non-hydrogen) atoms. The minimum atomic E-state index is -0.368. The fourth-order valence-corrected chi connectivity index (χ4v) is 4.43. The number of rotatable bonds is 0. The second-order valence-corrected chi connectivity index (χ2v) is 7.39. The molecule has 3 heteroatoms. The van der Waals surface area contributed by atoms with E-state index in [0.29, 0.717) is 11.3 Å². The standard InChI is InChI=1S/C19H20O3/c1-10-9-22-18-12-6-7-13-11(5-4-8-19(13,2)3)15(12)17(21)16(20)14(10)18/h6-7,9,12,15H,4-5,8H2,1-3H3. The molecule has 3 nitrogen and oxygen atoms in total. The zero-order chi connectivity index (χ0) is 15.6. The van der Waals surface area contributed by atoms with Gasteiger partial charge in [0.15, 0.2) is 0 Å². The molecule has 0 radical (unpaired) electrons. The van der Waals surface area contributed by atoms with Crippen LogP contribution in [0.4, 0.5) is 0 Å². The van der Waals surface area contributed by atoms with E-state index in [-0.39, 0.29) is 28.8 Å². The van der Waals surface area contributed by atoms with Gasteiger partial charge in [0, 0.05) is 0 Å². The highest BCUT2D eigenvalue weighted by Crippen LogP contribution is 2.52. The van der Waals surface area contributed by atoms with E-state index < -0.39 is 0 Å². The number of hydrogen-bond acceptors (Lipinski definition) is 3. The molecule has 0 N–H and O–H groups in total. The van der Waals surface area contributed by atoms with E-state index >= 15 is 0 Å². The lowest BCUT2D eigenvalue weighted by atomic mass is 9.61. The van der Waals surface area contributed by atoms with E-state index in [9.17, 15) is 9.59 Å². The van der Waals surface area contributed by atoms with Crippen LogP contribution in [0.3, 0.4) is 0 Å². The number of hydrogen-bond donors (Lipinski definition) is 0. The molecule has 0 aliphatic heterocycles. The van der Waals surface area contributed by atoms with Gasteiger partial charge in [-0.1, -0.05) is 31.6 Å². The summed E-state index contributed by atoms with van der Waals surface area (Å²) in [5, 5.41) is 0. The van der Waals surface area contributed by atoms with Crippen molar-refractivity contribution >= 4 is 11.6 Å². The Balaban J connectivity index is 1.91. The highest BCUT2D eigenvalue weighted by Gasteiger charge is 2.48. The third-order valence-corrected chi connectivity index (χ3v) is 5.57. The van der Waals surface area contributed by atoms with Crippen molar-refractivity contribution in [3.05, 3.63) is 46.4 Å². The maximum Gasteiger partial charge on any atom is 0.233 e. The van der Waals surface area contributed by atoms with Crippen LogP contribution < -0.4 is 0 Å². The van der Waals surface area contributed by atoms with Crippen molar-refractivity contribution in [3.63, 3.8) is 0 Å². The van der Waals surface area contributed by atoms with Crippen LogP contribution in [0.25, 0.3) is 0 Å². The minimum Gasteiger partial charge on any atom is -0.468 e. The molecule has 114 valence electrons. The molecule has 3 aliphatic rings. The fraction of sp³-hybridized carbons (Fsp3) is 0.474. The van der Waals surface area contributed by atoms with Crippen molar-refractivity contribution in [1.29, 1.82) is 0 Å². The molecule has 0 saturated heterocycles. The zero-order valence-corrected chi connectivity index (χ0v) is 13.2. The molecule has 1 heterocycles. The molecule has 4 rings (SSSR count).